The highest BCUT2D eigenvalue weighted by molar-refractivity contribution is 6.09. The SMILES string of the molecule is CC(C)c1ccnc(-n2c3ccccc3c3ccc(Oc4cccc(-n5[c-][n+](-c6c(-c7ccccc7)cccc6-c6ccccc6)c6ccc(-c7ccccc7)cc65)c4)cc32)c1. The van der Waals surface area contributed by atoms with Gasteiger partial charge in [0.25, 0.3) is 6.33 Å². The van der Waals surface area contributed by atoms with Crippen molar-refractivity contribution in [1.29, 1.82) is 0 Å². The number of rotatable bonds is 9. The number of para-hydroxylation sites is 2. The molecule has 0 bridgehead atoms. The minimum absolute atomic E-state index is 0.384. The molecule has 0 unspecified atom stereocenters. The maximum atomic E-state index is 6.78. The molecule has 0 aliphatic heterocycles. The zero-order chi connectivity index (χ0) is 41.6. The first-order valence-corrected chi connectivity index (χ1v) is 21.1. The Kier molecular flexibility index (Phi) is 9.28. The molecule has 0 radical (unpaired) electrons. The van der Waals surface area contributed by atoms with E-state index in [9.17, 15) is 0 Å². The molecule has 0 fully saturated rings. The fraction of sp³-hybridized carbons (Fsp3) is 0.0526. The zero-order valence-electron chi connectivity index (χ0n) is 34.5. The van der Waals surface area contributed by atoms with Gasteiger partial charge in [-0.1, -0.05) is 159 Å². The highest BCUT2D eigenvalue weighted by Gasteiger charge is 2.21. The Balaban J connectivity index is 1.07. The normalized spacial score (nSPS) is 11.5. The third kappa shape index (κ3) is 6.61. The highest BCUT2D eigenvalue weighted by Crippen LogP contribution is 2.38. The molecular weight excluding hydrogens is 757 g/mol. The summed E-state index contributed by atoms with van der Waals surface area (Å²) >= 11 is 0. The minimum Gasteiger partial charge on any atom is -0.458 e. The standard InChI is InChI=1S/C57H42N4O/c1-39(2)43-32-33-58-56(35-43)61-52-27-13-12-24-50(52)51-30-29-47(37-54(51)61)62-46-23-14-22-45(36-46)59-38-60(53-31-28-44(34-55(53)59)40-16-6-3-7-17-40)57-48(41-18-8-4-9-19-41)25-15-26-49(57)42-20-10-5-11-21-42/h3-37,39H,1-2H3. The summed E-state index contributed by atoms with van der Waals surface area (Å²) in [6.45, 7) is 4.43. The first-order chi connectivity index (χ1) is 30.6. The molecule has 0 aliphatic carbocycles. The van der Waals surface area contributed by atoms with Crippen LogP contribution >= 0.6 is 0 Å². The fourth-order valence-corrected chi connectivity index (χ4v) is 8.76. The van der Waals surface area contributed by atoms with Crippen LogP contribution in [0.2, 0.25) is 0 Å². The molecule has 0 N–H and O–H groups in total. The van der Waals surface area contributed by atoms with Gasteiger partial charge in [0.15, 0.2) is 0 Å². The number of hydrogen-bond donors (Lipinski definition) is 0. The Morgan fingerprint density at radius 3 is 1.87 bits per heavy atom. The van der Waals surface area contributed by atoms with E-state index in [2.05, 4.69) is 234 Å². The lowest BCUT2D eigenvalue weighted by molar-refractivity contribution is -0.571. The molecule has 3 aromatic heterocycles. The van der Waals surface area contributed by atoms with Crippen molar-refractivity contribution in [1.82, 2.24) is 14.1 Å². The summed E-state index contributed by atoms with van der Waals surface area (Å²) < 4.78 is 13.4. The Bertz CT molecular complexity index is 3350. The molecule has 5 nitrogen and oxygen atoms in total. The van der Waals surface area contributed by atoms with Gasteiger partial charge in [-0.15, -0.1) is 0 Å². The van der Waals surface area contributed by atoms with Gasteiger partial charge >= 0.3 is 0 Å². The van der Waals surface area contributed by atoms with Crippen molar-refractivity contribution < 1.29 is 9.30 Å². The lowest BCUT2D eigenvalue weighted by Gasteiger charge is -2.17. The highest BCUT2D eigenvalue weighted by atomic mass is 16.5. The molecule has 8 aromatic carbocycles. The van der Waals surface area contributed by atoms with Crippen LogP contribution in [-0.2, 0) is 0 Å². The van der Waals surface area contributed by atoms with Crippen LogP contribution < -0.4 is 9.30 Å². The van der Waals surface area contributed by atoms with E-state index in [-0.39, 0.29) is 0 Å². The van der Waals surface area contributed by atoms with E-state index in [1.165, 1.54) is 10.9 Å². The van der Waals surface area contributed by atoms with Gasteiger partial charge in [-0.2, -0.15) is 0 Å². The predicted molar refractivity (Wildman–Crippen MR) is 253 cm³/mol. The molecule has 11 aromatic rings. The van der Waals surface area contributed by atoms with E-state index < -0.39 is 0 Å². The van der Waals surface area contributed by atoms with Crippen molar-refractivity contribution in [3.05, 3.63) is 224 Å². The predicted octanol–water partition coefficient (Wildman–Crippen LogP) is 14.1. The molecule has 0 aliphatic rings. The first-order valence-electron chi connectivity index (χ1n) is 21.1. The summed E-state index contributed by atoms with van der Waals surface area (Å²) in [5.41, 5.74) is 14.2. The Morgan fingerprint density at radius 1 is 0.500 bits per heavy atom. The van der Waals surface area contributed by atoms with Crippen LogP contribution in [0.4, 0.5) is 0 Å². The molecule has 5 heteroatoms. The van der Waals surface area contributed by atoms with Crippen molar-refractivity contribution in [2.45, 2.75) is 19.8 Å². The number of nitrogens with zero attached hydrogens (tertiary/aromatic N) is 4. The second kappa shape index (κ2) is 15.5. The monoisotopic (exact) mass is 798 g/mol. The minimum atomic E-state index is 0.384. The van der Waals surface area contributed by atoms with E-state index in [1.807, 2.05) is 12.3 Å². The fourth-order valence-electron chi connectivity index (χ4n) is 8.76. The second-order valence-electron chi connectivity index (χ2n) is 16.0. The number of hydrogen-bond acceptors (Lipinski definition) is 2. The van der Waals surface area contributed by atoms with E-state index in [4.69, 9.17) is 9.72 Å². The molecule has 0 saturated carbocycles. The van der Waals surface area contributed by atoms with E-state index in [0.29, 0.717) is 5.92 Å². The molecule has 0 saturated heterocycles. The third-order valence-electron chi connectivity index (χ3n) is 11.8. The van der Waals surface area contributed by atoms with Crippen LogP contribution in [0, 0.1) is 6.33 Å². The van der Waals surface area contributed by atoms with Crippen molar-refractivity contribution in [2.24, 2.45) is 0 Å². The van der Waals surface area contributed by atoms with Gasteiger partial charge in [0.2, 0.25) is 0 Å². The van der Waals surface area contributed by atoms with Crippen LogP contribution in [0.25, 0.3) is 83.4 Å². The Labute approximate surface area is 361 Å². The maximum absolute atomic E-state index is 6.78. The van der Waals surface area contributed by atoms with Gasteiger partial charge in [0, 0.05) is 23.0 Å². The lowest BCUT2D eigenvalue weighted by atomic mass is 9.95. The van der Waals surface area contributed by atoms with Gasteiger partial charge in [0.05, 0.1) is 33.4 Å². The maximum Gasteiger partial charge on any atom is 0.269 e. The van der Waals surface area contributed by atoms with Crippen LogP contribution in [0.1, 0.15) is 25.3 Å². The van der Waals surface area contributed by atoms with Crippen molar-refractivity contribution in [2.75, 3.05) is 0 Å². The molecule has 296 valence electrons. The number of ether oxygens (including phenoxy) is 1. The van der Waals surface area contributed by atoms with Crippen LogP contribution in [-0.4, -0.2) is 14.1 Å². The summed E-state index contributed by atoms with van der Waals surface area (Å²) in [6.07, 6.45) is 5.77. The van der Waals surface area contributed by atoms with E-state index in [1.54, 1.807) is 0 Å². The van der Waals surface area contributed by atoms with E-state index in [0.717, 1.165) is 89.5 Å². The Morgan fingerprint density at radius 2 is 1.15 bits per heavy atom. The lowest BCUT2D eigenvalue weighted by Crippen LogP contribution is -2.31. The summed E-state index contributed by atoms with van der Waals surface area (Å²) in [7, 11) is 0. The third-order valence-corrected chi connectivity index (χ3v) is 11.8. The number of aromatic nitrogens is 4. The number of imidazole rings is 1. The molecule has 3 heterocycles. The molecular formula is C57H42N4O. The zero-order valence-corrected chi connectivity index (χ0v) is 34.5. The van der Waals surface area contributed by atoms with Crippen molar-refractivity contribution >= 4 is 32.8 Å². The van der Waals surface area contributed by atoms with E-state index >= 15 is 0 Å². The quantitative estimate of drug-likeness (QED) is 0.108. The summed E-state index contributed by atoms with van der Waals surface area (Å²) in [4.78, 5) is 4.86. The van der Waals surface area contributed by atoms with Crippen LogP contribution in [0.15, 0.2) is 212 Å². The summed E-state index contributed by atoms with van der Waals surface area (Å²) in [6, 6.07) is 72.5. The summed E-state index contributed by atoms with van der Waals surface area (Å²) in [5.74, 6) is 2.74. The molecule has 11 rings (SSSR count). The van der Waals surface area contributed by atoms with Gasteiger partial charge in [-0.3, -0.25) is 13.7 Å². The molecule has 62 heavy (non-hydrogen) atoms. The number of fused-ring (bicyclic) bond motifs is 4. The molecule has 0 spiro atoms. The second-order valence-corrected chi connectivity index (χ2v) is 16.0. The van der Waals surface area contributed by atoms with Crippen LogP contribution in [0.5, 0.6) is 11.5 Å². The smallest absolute Gasteiger partial charge is 0.269 e. The number of benzene rings is 8. The van der Waals surface area contributed by atoms with Gasteiger partial charge in [-0.05, 0) is 99.5 Å². The average molecular weight is 799 g/mol. The summed E-state index contributed by atoms with van der Waals surface area (Å²) in [5, 5.41) is 2.33. The average Bonchev–Trinajstić information content (AvgIpc) is 3.88. The Hall–Kier alpha value is -8.02. The topological polar surface area (TPSA) is 35.9 Å². The van der Waals surface area contributed by atoms with Gasteiger partial charge < -0.3 is 4.74 Å². The van der Waals surface area contributed by atoms with Gasteiger partial charge in [-0.25, -0.2) is 4.98 Å². The van der Waals surface area contributed by atoms with Gasteiger partial charge in [0.1, 0.15) is 17.3 Å². The largest absolute Gasteiger partial charge is 0.458 e. The molecule has 0 atom stereocenters. The first kappa shape index (κ1) is 37.0. The van der Waals surface area contributed by atoms with Crippen LogP contribution in [0.3, 0.4) is 0 Å². The van der Waals surface area contributed by atoms with Crippen molar-refractivity contribution in [3.63, 3.8) is 0 Å². The molecule has 0 amide bonds. The van der Waals surface area contributed by atoms with Crippen molar-refractivity contribution in [3.8, 4) is 62.1 Å². The number of pyridine rings is 1.